The Bertz CT molecular complexity index is 5160. The zero-order valence-electron chi connectivity index (χ0n) is 77.0. The number of esters is 3. The van der Waals surface area contributed by atoms with Gasteiger partial charge in [0.25, 0.3) is 0 Å². The molecule has 4 fully saturated rings. The quantitative estimate of drug-likeness (QED) is 0.00372. The normalized spacial score (nSPS) is 26.3. The number of likely N-dealkylation sites (N-methyl/N-ethyl adjacent to an activating group) is 2. The number of aliphatic carboxylic acids is 1. The number of aliphatic hydroxyl groups is 2. The first-order valence-electron chi connectivity index (χ1n) is 42.5. The summed E-state index contributed by atoms with van der Waals surface area (Å²) in [7, 11) is 17.1. The smallest absolute Gasteiger partial charge is 0.409 e. The van der Waals surface area contributed by atoms with E-state index in [0.717, 1.165) is 22.3 Å². The maximum Gasteiger partial charge on any atom is 0.409 e. The van der Waals surface area contributed by atoms with Crippen LogP contribution in [0.3, 0.4) is 0 Å². The number of amides is 6. The van der Waals surface area contributed by atoms with Gasteiger partial charge in [-0.15, -0.1) is 0 Å². The highest BCUT2D eigenvalue weighted by molar-refractivity contribution is 8.77. The number of fused-ring (bicyclic) bond motifs is 10. The highest BCUT2D eigenvalue weighted by Crippen LogP contribution is 2.52. The molecule has 138 heavy (non-hydrogen) atoms. The van der Waals surface area contributed by atoms with Gasteiger partial charge in [0.2, 0.25) is 70.1 Å². The van der Waals surface area contributed by atoms with E-state index in [-0.39, 0.29) is 93.3 Å². The van der Waals surface area contributed by atoms with E-state index < -0.39 is 226 Å². The molecule has 8 bridgehead atoms. The van der Waals surface area contributed by atoms with Crippen LogP contribution in [0.1, 0.15) is 146 Å². The number of carbonyl (C=O) groups is 10. The molecule has 0 saturated carbocycles. The van der Waals surface area contributed by atoms with Gasteiger partial charge in [0, 0.05) is 122 Å². The van der Waals surface area contributed by atoms with E-state index in [4.69, 9.17) is 80.8 Å². The number of carbonyl (C=O) groups excluding carboxylic acids is 9. The Hall–Kier alpha value is -9.35. The third kappa shape index (κ3) is 29.4. The SMILES string of the molecule is C.C.COc1cc2cc(c1Cl)N(C)C(=O)C[C@H](OC(=O)[C@H](C)N(C)C(=O)CCSSCCCC(=O)O)[C@]1(C)O[C@H]1[C@H](C)[C@@H]1C[C@@](O)(NC(=O)O1)[C@H](OC)/C=C/C=C(\C)C2.COc1cc2cc(c1Cl)N(C)C(=O)C[C@H](OC(=O)[C@H](C)N(C)C(=O)CCSSCCCC(=O)Oc1c(F)c(F)c(F)c(F)c1F)[C@]1(C)O[C@H]1[C@H](C)[C@@H]1C[C@@](O)(NC(=O)O1)[C@H](OC)/C=C/C=C(\C)C2.Oc1c(F)c(F)cc(F)c1F. The minimum atomic E-state index is -2.38. The molecule has 6 amide bonds. The Morgan fingerprint density at radius 2 is 0.920 bits per heavy atom. The molecule has 0 unspecified atom stereocenters. The van der Waals surface area contributed by atoms with Crippen molar-refractivity contribution in [3.05, 3.63) is 151 Å². The number of anilines is 2. The van der Waals surface area contributed by atoms with Crippen molar-refractivity contribution in [2.24, 2.45) is 11.8 Å². The number of carboxylic acid groups (broad SMARTS) is 1. The predicted molar refractivity (Wildman–Crippen MR) is 500 cm³/mol. The van der Waals surface area contributed by atoms with Crippen LogP contribution in [0.2, 0.25) is 10.0 Å². The summed E-state index contributed by atoms with van der Waals surface area (Å²) < 4.78 is 179. The zero-order chi connectivity index (χ0) is 101. The molecule has 0 radical (unpaired) electrons. The van der Waals surface area contributed by atoms with Gasteiger partial charge >= 0.3 is 36.1 Å². The van der Waals surface area contributed by atoms with Gasteiger partial charge in [-0.3, -0.25) is 39.4 Å². The molecule has 6 aliphatic rings. The minimum Gasteiger partial charge on any atom is -0.503 e. The number of phenolic OH excluding ortho intramolecular Hbond substituents is 1. The molecular formula is C92H117Cl2F9N6O25S4. The molecule has 6 N–H and O–H groups in total. The molecule has 6 heterocycles. The fraction of sp³-hybridized carbons (Fsp3) is 0.543. The first-order valence-corrected chi connectivity index (χ1v) is 48.2. The van der Waals surface area contributed by atoms with Crippen LogP contribution in [0.15, 0.2) is 77.9 Å². The fourth-order valence-electron chi connectivity index (χ4n) is 15.2. The molecule has 31 nitrogen and oxygen atoms in total. The summed E-state index contributed by atoms with van der Waals surface area (Å²) in [5.41, 5.74) is -2.30. The summed E-state index contributed by atoms with van der Waals surface area (Å²) in [6.45, 7) is 13.7. The van der Waals surface area contributed by atoms with Gasteiger partial charge in [-0.05, 0) is 103 Å². The van der Waals surface area contributed by atoms with Gasteiger partial charge in [-0.25, -0.2) is 41.1 Å². The van der Waals surface area contributed by atoms with Gasteiger partial charge < -0.3 is 92.1 Å². The summed E-state index contributed by atoms with van der Waals surface area (Å²) in [4.78, 5) is 136. The number of halogens is 11. The van der Waals surface area contributed by atoms with Crippen LogP contribution in [0.25, 0.3) is 0 Å². The maximum atomic E-state index is 14.2. The van der Waals surface area contributed by atoms with E-state index >= 15 is 0 Å². The van der Waals surface area contributed by atoms with Crippen molar-refractivity contribution in [3.63, 3.8) is 0 Å². The van der Waals surface area contributed by atoms with Gasteiger partial charge in [0.05, 0.1) is 50.6 Å². The highest BCUT2D eigenvalue weighted by atomic mass is 35.5. The van der Waals surface area contributed by atoms with Crippen LogP contribution in [-0.2, 0) is 89.1 Å². The lowest BCUT2D eigenvalue weighted by atomic mass is 9.83. The molecule has 0 aromatic heterocycles. The lowest BCUT2D eigenvalue weighted by molar-refractivity contribution is -0.162. The van der Waals surface area contributed by atoms with E-state index in [0.29, 0.717) is 53.6 Å². The zero-order valence-corrected chi connectivity index (χ0v) is 81.8. The van der Waals surface area contributed by atoms with Gasteiger partial charge in [-0.1, -0.05) is 143 Å². The molecule has 6 aliphatic heterocycles. The number of carboxylic acids is 1. The lowest BCUT2D eigenvalue weighted by Gasteiger charge is -2.42. The summed E-state index contributed by atoms with van der Waals surface area (Å²) in [6, 6.07) is 4.88. The third-order valence-corrected chi connectivity index (χ3v) is 29.5. The summed E-state index contributed by atoms with van der Waals surface area (Å²) in [6.07, 6.45) is 1.27. The number of phenols is 1. The number of hydrogen-bond donors (Lipinski definition) is 6. The van der Waals surface area contributed by atoms with Crippen LogP contribution >= 0.6 is 66.4 Å². The molecule has 4 saturated heterocycles. The van der Waals surface area contributed by atoms with Crippen LogP contribution in [0.5, 0.6) is 23.0 Å². The van der Waals surface area contributed by atoms with Crippen molar-refractivity contribution in [1.82, 2.24) is 20.4 Å². The number of allylic oxidation sites excluding steroid dienone is 6. The van der Waals surface area contributed by atoms with Crippen LogP contribution in [0, 0.1) is 64.2 Å². The lowest BCUT2D eigenvalue weighted by Crippen LogP contribution is -2.63. The molecule has 0 aliphatic carbocycles. The van der Waals surface area contributed by atoms with Crippen molar-refractivity contribution in [2.45, 2.75) is 231 Å². The van der Waals surface area contributed by atoms with E-state index in [9.17, 15) is 97.7 Å². The van der Waals surface area contributed by atoms with Gasteiger partial charge in [0.1, 0.15) is 81.5 Å². The number of benzene rings is 4. The number of nitrogens with zero attached hydrogens (tertiary/aromatic N) is 4. The molecule has 0 spiro atoms. The number of nitrogens with one attached hydrogen (secondary N) is 2. The molecule has 46 heteroatoms. The van der Waals surface area contributed by atoms with Gasteiger partial charge in [0.15, 0.2) is 28.8 Å². The van der Waals surface area contributed by atoms with Crippen LogP contribution in [0.4, 0.5) is 60.5 Å². The fourth-order valence-corrected chi connectivity index (χ4v) is 20.0. The minimum absolute atomic E-state index is 0. The number of aromatic hydroxyl groups is 1. The Balaban J connectivity index is 0.000000379. The summed E-state index contributed by atoms with van der Waals surface area (Å²) in [5, 5.41) is 46.0. The predicted octanol–water partition coefficient (Wildman–Crippen LogP) is 15.7. The number of ether oxygens (including phenoxy) is 11. The molecule has 766 valence electrons. The molecular weight excluding hydrogens is 1960 g/mol. The van der Waals surface area contributed by atoms with Crippen LogP contribution < -0.4 is 34.6 Å². The number of hydrogen-bond acceptors (Lipinski definition) is 28. The van der Waals surface area contributed by atoms with E-state index in [1.807, 2.05) is 26.0 Å². The van der Waals surface area contributed by atoms with E-state index in [1.165, 1.54) is 126 Å². The van der Waals surface area contributed by atoms with Crippen molar-refractivity contribution in [3.8, 4) is 23.0 Å². The number of alkyl carbamates (subject to hydrolysis) is 2. The van der Waals surface area contributed by atoms with Gasteiger partial charge in [-0.2, -0.15) is 17.6 Å². The second-order valence-electron chi connectivity index (χ2n) is 33.4. The molecule has 10 rings (SSSR count). The number of methoxy groups -OCH3 is 4. The topological polar surface area (TPSA) is 397 Å². The maximum absolute atomic E-state index is 14.2. The Morgan fingerprint density at radius 1 is 0.558 bits per heavy atom. The average molecular weight is 2080 g/mol. The second-order valence-corrected chi connectivity index (χ2v) is 39.5. The van der Waals surface area contributed by atoms with Crippen molar-refractivity contribution in [1.29, 1.82) is 0 Å². The second kappa shape index (κ2) is 51.4. The molecule has 4 aromatic carbocycles. The Kier molecular flexibility index (Phi) is 43.7. The molecule has 16 atom stereocenters. The highest BCUT2D eigenvalue weighted by Gasteiger charge is 2.66. The van der Waals surface area contributed by atoms with E-state index in [2.05, 4.69) is 15.4 Å². The van der Waals surface area contributed by atoms with Crippen molar-refractivity contribution >= 4 is 137 Å². The average Bonchev–Trinajstić information content (AvgIpc) is 1.57. The molecule has 4 aromatic rings. The monoisotopic (exact) mass is 2070 g/mol. The first-order chi connectivity index (χ1) is 63.8. The summed E-state index contributed by atoms with van der Waals surface area (Å²) >= 11 is 13.5. The van der Waals surface area contributed by atoms with Crippen LogP contribution in [-0.4, -0.2) is 253 Å². The van der Waals surface area contributed by atoms with E-state index in [1.54, 1.807) is 83.3 Å². The number of epoxide rings is 2. The van der Waals surface area contributed by atoms with Crippen molar-refractivity contribution in [2.75, 3.05) is 89.4 Å². The largest absolute Gasteiger partial charge is 0.503 e. The summed E-state index contributed by atoms with van der Waals surface area (Å²) in [5.74, 6) is -25.8. The van der Waals surface area contributed by atoms with Crippen molar-refractivity contribution < 1.29 is 160 Å². The standard InChI is InChI=1S/C45H53ClF5N3O12S2.C39H54ClN3O12S2.C6H2F4O.2CH4/c1-22-11-9-12-29(62-8)45(60)21-28(63-43(59)52-45)23(2)41-44(4,66-41)30(20-32(56)54(6)26-18-25(17-22)19-27(61-7)34(26)46)64-42(58)24(3)53(5)31(55)14-16-68-67-15-10-13-33(57)65-40-38(50)36(48)35(47)37(49)39(40)51;1-22-11-9-12-29(52-8)39(50)21-28(53-37(49)41-39)23(2)35-38(4,55-35)30(20-32(45)43(6)26-18-25(17-22)19-27(51-7)34(26)40)54-36(48)24(3)42(5)31(44)14-16-57-56-15-10-13-33(46)47;7-2-1-3(8)5(10)6(11)4(2)9;;/h9,11-12,18-19,23-24,28-30,41,60H,10,13-17,20-21H2,1-8H3,(H,52,59);9,11-12,18-19,23-24,28-30,35,50H,10,13-17,20-21H2,1-8H3,(H,41,49)(H,46,47);1,11H;2*1H4/b2*12-9+,22-11+;;;/t23-,24+,28+,29-,30+,41+,44+,45+;23-,24+,28+,29-,30+,35+,38+,39+;;;/m11.../s1. The third-order valence-electron chi connectivity index (χ3n) is 23.7. The first kappa shape index (κ1) is 117. The number of rotatable bonds is 27. The Labute approximate surface area is 819 Å². The Morgan fingerprint density at radius 3 is 1.28 bits per heavy atom.